The van der Waals surface area contributed by atoms with Gasteiger partial charge in [0, 0.05) is 48.1 Å². The molecule has 0 spiro atoms. The van der Waals surface area contributed by atoms with Gasteiger partial charge in [0.25, 0.3) is 0 Å². The SMILES string of the molecule is CCN(CC)c1ccc(NC(=O)N[C@@H]2CC(=O)N(c3ccc(Cl)cc3)C2)c(C)c1. The number of benzene rings is 2. The van der Waals surface area contributed by atoms with Crippen LogP contribution >= 0.6 is 11.6 Å². The Hall–Kier alpha value is -2.73. The summed E-state index contributed by atoms with van der Waals surface area (Å²) in [5.74, 6) is -0.0163. The van der Waals surface area contributed by atoms with Crippen LogP contribution in [0.25, 0.3) is 0 Å². The van der Waals surface area contributed by atoms with Gasteiger partial charge in [0.1, 0.15) is 0 Å². The van der Waals surface area contributed by atoms with Crippen LogP contribution in [0.3, 0.4) is 0 Å². The van der Waals surface area contributed by atoms with E-state index >= 15 is 0 Å². The lowest BCUT2D eigenvalue weighted by molar-refractivity contribution is -0.117. The first-order valence-electron chi connectivity index (χ1n) is 9.90. The molecular formula is C22H27ClN4O2. The number of amides is 3. The Balaban J connectivity index is 1.60. The van der Waals surface area contributed by atoms with Crippen LogP contribution < -0.4 is 20.4 Å². The third kappa shape index (κ3) is 5.01. The molecule has 7 heteroatoms. The molecule has 0 aromatic heterocycles. The molecule has 0 aliphatic carbocycles. The van der Waals surface area contributed by atoms with E-state index in [0.717, 1.165) is 35.7 Å². The number of carbonyl (C=O) groups is 2. The number of carbonyl (C=O) groups excluding carboxylic acids is 2. The van der Waals surface area contributed by atoms with Crippen molar-refractivity contribution >= 4 is 40.6 Å². The summed E-state index contributed by atoms with van der Waals surface area (Å²) in [6, 6.07) is 12.6. The molecule has 0 bridgehead atoms. The van der Waals surface area contributed by atoms with Crippen molar-refractivity contribution in [3.8, 4) is 0 Å². The standard InChI is InChI=1S/C22H27ClN4O2/c1-4-26(5-2)19-10-11-20(15(3)12-19)25-22(29)24-17-13-21(28)27(14-17)18-8-6-16(23)7-9-18/h6-12,17H,4-5,13-14H2,1-3H3,(H2,24,25,29)/t17-/m1/s1. The van der Waals surface area contributed by atoms with E-state index in [2.05, 4.69) is 35.4 Å². The predicted molar refractivity (Wildman–Crippen MR) is 119 cm³/mol. The molecule has 29 heavy (non-hydrogen) atoms. The van der Waals surface area contributed by atoms with Gasteiger partial charge in [-0.3, -0.25) is 4.79 Å². The number of hydrogen-bond acceptors (Lipinski definition) is 3. The molecule has 6 nitrogen and oxygen atoms in total. The second kappa shape index (κ2) is 9.18. The van der Waals surface area contributed by atoms with Gasteiger partial charge in [-0.2, -0.15) is 0 Å². The number of nitrogens with zero attached hydrogens (tertiary/aromatic N) is 2. The highest BCUT2D eigenvalue weighted by atomic mass is 35.5. The molecule has 0 unspecified atom stereocenters. The summed E-state index contributed by atoms with van der Waals surface area (Å²) in [5, 5.41) is 6.43. The Kier molecular flexibility index (Phi) is 6.64. The maximum atomic E-state index is 12.5. The van der Waals surface area contributed by atoms with Gasteiger partial charge in [0.15, 0.2) is 0 Å². The molecule has 154 valence electrons. The smallest absolute Gasteiger partial charge is 0.319 e. The predicted octanol–water partition coefficient (Wildman–Crippen LogP) is 4.42. The number of halogens is 1. The summed E-state index contributed by atoms with van der Waals surface area (Å²) in [6.07, 6.45) is 0.274. The van der Waals surface area contributed by atoms with Gasteiger partial charge >= 0.3 is 6.03 Å². The first-order valence-corrected chi connectivity index (χ1v) is 10.3. The van der Waals surface area contributed by atoms with Crippen LogP contribution in [0.1, 0.15) is 25.8 Å². The van der Waals surface area contributed by atoms with Crippen molar-refractivity contribution in [3.05, 3.63) is 53.1 Å². The van der Waals surface area contributed by atoms with E-state index in [1.54, 1.807) is 17.0 Å². The summed E-state index contributed by atoms with van der Waals surface area (Å²) in [5.41, 5.74) is 3.68. The topological polar surface area (TPSA) is 64.7 Å². The summed E-state index contributed by atoms with van der Waals surface area (Å²) < 4.78 is 0. The van der Waals surface area contributed by atoms with Crippen molar-refractivity contribution in [1.29, 1.82) is 0 Å². The first-order chi connectivity index (χ1) is 13.9. The normalized spacial score (nSPS) is 16.1. The van der Waals surface area contributed by atoms with Crippen LogP contribution in [0.4, 0.5) is 21.9 Å². The summed E-state index contributed by atoms with van der Waals surface area (Å²) in [6.45, 7) is 8.52. The molecule has 3 rings (SSSR count). The maximum Gasteiger partial charge on any atom is 0.319 e. The Morgan fingerprint density at radius 1 is 1.17 bits per heavy atom. The van der Waals surface area contributed by atoms with Crippen LogP contribution in [0.2, 0.25) is 5.02 Å². The van der Waals surface area contributed by atoms with E-state index in [0.29, 0.717) is 11.6 Å². The Morgan fingerprint density at radius 2 is 1.86 bits per heavy atom. The van der Waals surface area contributed by atoms with Gasteiger partial charge in [-0.15, -0.1) is 0 Å². The minimum atomic E-state index is -0.306. The van der Waals surface area contributed by atoms with E-state index in [-0.39, 0.29) is 24.4 Å². The second-order valence-electron chi connectivity index (χ2n) is 7.15. The monoisotopic (exact) mass is 414 g/mol. The van der Waals surface area contributed by atoms with Crippen LogP contribution in [0.15, 0.2) is 42.5 Å². The average molecular weight is 415 g/mol. The molecule has 1 fully saturated rings. The fraction of sp³-hybridized carbons (Fsp3) is 0.364. The number of rotatable bonds is 6. The zero-order chi connectivity index (χ0) is 21.0. The zero-order valence-corrected chi connectivity index (χ0v) is 17.8. The summed E-state index contributed by atoms with van der Waals surface area (Å²) in [7, 11) is 0. The summed E-state index contributed by atoms with van der Waals surface area (Å²) >= 11 is 5.91. The van der Waals surface area contributed by atoms with E-state index in [9.17, 15) is 9.59 Å². The van der Waals surface area contributed by atoms with Crippen LogP contribution in [-0.2, 0) is 4.79 Å². The van der Waals surface area contributed by atoms with Gasteiger partial charge in [-0.1, -0.05) is 11.6 Å². The minimum Gasteiger partial charge on any atom is -0.372 e. The molecule has 1 atom stereocenters. The molecule has 0 saturated carbocycles. The maximum absolute atomic E-state index is 12.5. The first kappa shape index (κ1) is 21.0. The molecule has 2 N–H and O–H groups in total. The second-order valence-corrected chi connectivity index (χ2v) is 7.59. The minimum absolute atomic E-state index is 0.0163. The lowest BCUT2D eigenvalue weighted by Gasteiger charge is -2.22. The molecule has 1 aliphatic rings. The van der Waals surface area contributed by atoms with Crippen LogP contribution in [0, 0.1) is 6.92 Å². The molecule has 0 radical (unpaired) electrons. The number of urea groups is 1. The van der Waals surface area contributed by atoms with Crippen molar-refractivity contribution in [2.45, 2.75) is 33.2 Å². The van der Waals surface area contributed by atoms with Gasteiger partial charge in [-0.25, -0.2) is 4.79 Å². The fourth-order valence-electron chi connectivity index (χ4n) is 3.59. The van der Waals surface area contributed by atoms with E-state index in [1.807, 2.05) is 31.2 Å². The van der Waals surface area contributed by atoms with Crippen molar-refractivity contribution in [2.75, 3.05) is 34.8 Å². The molecule has 1 heterocycles. The highest BCUT2D eigenvalue weighted by Gasteiger charge is 2.31. The number of anilines is 3. The van der Waals surface area contributed by atoms with E-state index in [4.69, 9.17) is 11.6 Å². The lowest BCUT2D eigenvalue weighted by Crippen LogP contribution is -2.39. The average Bonchev–Trinajstić information content (AvgIpc) is 3.05. The van der Waals surface area contributed by atoms with Crippen LogP contribution in [-0.4, -0.2) is 37.6 Å². The van der Waals surface area contributed by atoms with E-state index < -0.39 is 0 Å². The zero-order valence-electron chi connectivity index (χ0n) is 17.0. The molecule has 1 aliphatic heterocycles. The third-order valence-corrected chi connectivity index (χ3v) is 5.44. The fourth-order valence-corrected chi connectivity index (χ4v) is 3.72. The lowest BCUT2D eigenvalue weighted by atomic mass is 10.1. The molecule has 1 saturated heterocycles. The number of nitrogens with one attached hydrogen (secondary N) is 2. The van der Waals surface area contributed by atoms with Gasteiger partial charge < -0.3 is 20.4 Å². The molecule has 3 amide bonds. The quantitative estimate of drug-likeness (QED) is 0.735. The van der Waals surface area contributed by atoms with E-state index in [1.165, 1.54) is 0 Å². The van der Waals surface area contributed by atoms with Gasteiger partial charge in [0.2, 0.25) is 5.91 Å². The Bertz CT molecular complexity index is 881. The van der Waals surface area contributed by atoms with Crippen molar-refractivity contribution < 1.29 is 9.59 Å². The Morgan fingerprint density at radius 3 is 2.48 bits per heavy atom. The Labute approximate surface area is 176 Å². The van der Waals surface area contributed by atoms with Crippen molar-refractivity contribution in [3.63, 3.8) is 0 Å². The molecule has 2 aromatic carbocycles. The number of hydrogen-bond donors (Lipinski definition) is 2. The van der Waals surface area contributed by atoms with Crippen LogP contribution in [0.5, 0.6) is 0 Å². The third-order valence-electron chi connectivity index (χ3n) is 5.19. The van der Waals surface area contributed by atoms with Crippen molar-refractivity contribution in [2.24, 2.45) is 0 Å². The van der Waals surface area contributed by atoms with Crippen molar-refractivity contribution in [1.82, 2.24) is 5.32 Å². The molecular weight excluding hydrogens is 388 g/mol. The van der Waals surface area contributed by atoms with Gasteiger partial charge in [-0.05, 0) is 68.8 Å². The van der Waals surface area contributed by atoms with Gasteiger partial charge in [0.05, 0.1) is 6.04 Å². The number of aryl methyl sites for hydroxylation is 1. The highest BCUT2D eigenvalue weighted by Crippen LogP contribution is 2.25. The highest BCUT2D eigenvalue weighted by molar-refractivity contribution is 6.30. The largest absolute Gasteiger partial charge is 0.372 e. The molecule has 2 aromatic rings. The summed E-state index contributed by atoms with van der Waals surface area (Å²) in [4.78, 5) is 28.7.